The number of nitrogens with zero attached hydrogens (tertiary/aromatic N) is 3. The average Bonchev–Trinajstić information content (AvgIpc) is 3.53. The molecule has 11 heteroatoms. The van der Waals surface area contributed by atoms with Gasteiger partial charge in [0, 0.05) is 30.9 Å². The first-order chi connectivity index (χ1) is 18.8. The van der Waals surface area contributed by atoms with Crippen LogP contribution in [0.3, 0.4) is 0 Å². The second-order valence-electron chi connectivity index (χ2n) is 9.92. The van der Waals surface area contributed by atoms with Crippen molar-refractivity contribution in [3.8, 4) is 0 Å². The van der Waals surface area contributed by atoms with E-state index in [0.29, 0.717) is 18.7 Å². The van der Waals surface area contributed by atoms with E-state index in [-0.39, 0.29) is 42.6 Å². The normalized spacial score (nSPS) is 15.7. The molecule has 3 amide bonds. The summed E-state index contributed by atoms with van der Waals surface area (Å²) in [4.78, 5) is 46.0. The molecule has 0 spiro atoms. The lowest BCUT2D eigenvalue weighted by Gasteiger charge is -2.24. The number of guanidine groups is 1. The molecule has 10 nitrogen and oxygen atoms in total. The molecule has 1 aromatic heterocycles. The summed E-state index contributed by atoms with van der Waals surface area (Å²) in [5, 5.41) is 6.40. The molecule has 0 radical (unpaired) electrons. The van der Waals surface area contributed by atoms with Crippen LogP contribution in [0, 0.1) is 0 Å². The number of carbonyl (C=O) groups excluding carboxylic acids is 3. The standard InChI is InChI=1S/C29H37N7O3.ClH/c1-35-23-13-6-5-12-21(23)19-25(35)28(39)33-22(18-20-10-3-2-4-11-20)26(37)34-27(38)24-14-9-17-36(24)16-8-7-15-32-29(30)31;/h2-6,10-13,19,22,24H,7-9,14-18H2,1H3,(H,33,39)(H4,30,31,32)(H,34,37,38);1H/t22-,24+;/m1./s1. The Balaban J connectivity index is 0.00000441. The Morgan fingerprint density at radius 2 is 1.77 bits per heavy atom. The second kappa shape index (κ2) is 14.5. The van der Waals surface area contributed by atoms with Crippen molar-refractivity contribution < 1.29 is 14.4 Å². The van der Waals surface area contributed by atoms with E-state index < -0.39 is 11.9 Å². The molecule has 2 aromatic carbocycles. The summed E-state index contributed by atoms with van der Waals surface area (Å²) in [6.45, 7) is 2.06. The number of hydrogen-bond donors (Lipinski definition) is 4. The Bertz CT molecular complexity index is 1340. The SMILES string of the molecule is Cl.Cn1c(C(=O)N[C@H](Cc2ccccc2)C(=O)NC(=O)[C@@H]2CCCN2CCCCN=C(N)N)cc2ccccc21. The van der Waals surface area contributed by atoms with Crippen LogP contribution in [0.5, 0.6) is 0 Å². The molecule has 1 saturated heterocycles. The zero-order valence-electron chi connectivity index (χ0n) is 22.7. The molecule has 214 valence electrons. The van der Waals surface area contributed by atoms with Gasteiger partial charge in [-0.15, -0.1) is 12.4 Å². The highest BCUT2D eigenvalue weighted by Gasteiger charge is 2.33. The van der Waals surface area contributed by atoms with Gasteiger partial charge in [0.05, 0.1) is 6.04 Å². The number of halogens is 1. The number of unbranched alkanes of at least 4 members (excludes halogenated alkanes) is 1. The van der Waals surface area contributed by atoms with Gasteiger partial charge >= 0.3 is 0 Å². The lowest BCUT2D eigenvalue weighted by atomic mass is 10.0. The van der Waals surface area contributed by atoms with E-state index in [1.54, 1.807) is 10.6 Å². The third-order valence-corrected chi connectivity index (χ3v) is 7.15. The number of carbonyl (C=O) groups is 3. The van der Waals surface area contributed by atoms with Gasteiger partial charge in [-0.25, -0.2) is 0 Å². The fraction of sp³-hybridized carbons (Fsp3) is 0.379. The molecule has 0 aliphatic carbocycles. The molecule has 1 aliphatic heterocycles. The van der Waals surface area contributed by atoms with E-state index in [1.165, 1.54) is 0 Å². The summed E-state index contributed by atoms with van der Waals surface area (Å²) < 4.78 is 1.80. The number of nitrogens with two attached hydrogens (primary N) is 2. The van der Waals surface area contributed by atoms with Gasteiger partial charge in [-0.2, -0.15) is 0 Å². The number of aromatic nitrogens is 1. The fourth-order valence-electron chi connectivity index (χ4n) is 5.12. The van der Waals surface area contributed by atoms with Gasteiger partial charge in [0.25, 0.3) is 5.91 Å². The number of rotatable bonds is 11. The molecule has 4 rings (SSSR count). The largest absolute Gasteiger partial charge is 0.370 e. The first-order valence-corrected chi connectivity index (χ1v) is 13.4. The number of benzene rings is 2. The van der Waals surface area contributed by atoms with Gasteiger partial charge < -0.3 is 21.4 Å². The lowest BCUT2D eigenvalue weighted by molar-refractivity contribution is -0.134. The number of para-hydroxylation sites is 1. The van der Waals surface area contributed by atoms with Crippen LogP contribution in [0.2, 0.25) is 0 Å². The van der Waals surface area contributed by atoms with Gasteiger partial charge in [0.1, 0.15) is 11.7 Å². The maximum Gasteiger partial charge on any atom is 0.268 e. The summed E-state index contributed by atoms with van der Waals surface area (Å²) in [5.74, 6) is -1.15. The van der Waals surface area contributed by atoms with Gasteiger partial charge in [0.2, 0.25) is 11.8 Å². The van der Waals surface area contributed by atoms with Crippen LogP contribution in [-0.4, -0.2) is 64.9 Å². The maximum atomic E-state index is 13.4. The number of amides is 3. The van der Waals surface area contributed by atoms with Crippen molar-refractivity contribution in [1.82, 2.24) is 20.1 Å². The topological polar surface area (TPSA) is 148 Å². The third-order valence-electron chi connectivity index (χ3n) is 7.15. The van der Waals surface area contributed by atoms with Gasteiger partial charge in [-0.05, 0) is 56.5 Å². The smallest absolute Gasteiger partial charge is 0.268 e. The minimum atomic E-state index is -0.920. The predicted octanol–water partition coefficient (Wildman–Crippen LogP) is 2.10. The first-order valence-electron chi connectivity index (χ1n) is 13.4. The van der Waals surface area contributed by atoms with Crippen LogP contribution in [0.1, 0.15) is 41.7 Å². The fourth-order valence-corrected chi connectivity index (χ4v) is 5.12. The van der Waals surface area contributed by atoms with Gasteiger partial charge in [-0.3, -0.25) is 29.6 Å². The van der Waals surface area contributed by atoms with Gasteiger partial charge in [-0.1, -0.05) is 48.5 Å². The maximum absolute atomic E-state index is 13.4. The first kappa shape index (κ1) is 30.6. The Morgan fingerprint density at radius 3 is 2.50 bits per heavy atom. The summed E-state index contributed by atoms with van der Waals surface area (Å²) in [7, 11) is 1.82. The molecule has 2 heterocycles. The lowest BCUT2D eigenvalue weighted by Crippen LogP contribution is -2.53. The summed E-state index contributed by atoms with van der Waals surface area (Å²) in [6, 6.07) is 17.6. The van der Waals surface area contributed by atoms with Gasteiger partial charge in [0.15, 0.2) is 5.96 Å². The molecule has 6 N–H and O–H groups in total. The van der Waals surface area contributed by atoms with E-state index in [1.807, 2.05) is 61.6 Å². The van der Waals surface area contributed by atoms with E-state index in [2.05, 4.69) is 20.5 Å². The van der Waals surface area contributed by atoms with Crippen molar-refractivity contribution >= 4 is 47.0 Å². The molecule has 0 saturated carbocycles. The molecule has 2 atom stereocenters. The summed E-state index contributed by atoms with van der Waals surface area (Å²) >= 11 is 0. The predicted molar refractivity (Wildman–Crippen MR) is 159 cm³/mol. The molecular formula is C29H38ClN7O3. The minimum Gasteiger partial charge on any atom is -0.370 e. The van der Waals surface area contributed by atoms with E-state index >= 15 is 0 Å². The van der Waals surface area contributed by atoms with Crippen LogP contribution in [-0.2, 0) is 23.1 Å². The minimum absolute atomic E-state index is 0. The highest BCUT2D eigenvalue weighted by Crippen LogP contribution is 2.20. The summed E-state index contributed by atoms with van der Waals surface area (Å²) in [6.07, 6.45) is 3.46. The molecule has 0 unspecified atom stereocenters. The molecule has 0 bridgehead atoms. The quantitative estimate of drug-likeness (QED) is 0.158. The molecule has 40 heavy (non-hydrogen) atoms. The number of likely N-dealkylation sites (tertiary alicyclic amines) is 1. The number of hydrogen-bond acceptors (Lipinski definition) is 5. The highest BCUT2D eigenvalue weighted by atomic mass is 35.5. The molecular weight excluding hydrogens is 530 g/mol. The average molecular weight is 568 g/mol. The van der Waals surface area contributed by atoms with E-state index in [4.69, 9.17) is 11.5 Å². The monoisotopic (exact) mass is 567 g/mol. The number of nitrogens with one attached hydrogen (secondary N) is 2. The molecule has 1 aliphatic rings. The van der Waals surface area contributed by atoms with Crippen molar-refractivity contribution in [2.45, 2.75) is 44.2 Å². The zero-order chi connectivity index (χ0) is 27.8. The van der Waals surface area contributed by atoms with Crippen LogP contribution < -0.4 is 22.1 Å². The number of imide groups is 1. The van der Waals surface area contributed by atoms with Crippen molar-refractivity contribution in [2.75, 3.05) is 19.6 Å². The van der Waals surface area contributed by atoms with Crippen LogP contribution in [0.25, 0.3) is 10.9 Å². The Kier molecular flexibility index (Phi) is 11.1. The Labute approximate surface area is 240 Å². The summed E-state index contributed by atoms with van der Waals surface area (Å²) in [5.41, 5.74) is 13.0. The Morgan fingerprint density at radius 1 is 1.05 bits per heavy atom. The third kappa shape index (κ3) is 7.83. The number of fused-ring (bicyclic) bond motifs is 1. The number of aliphatic imine (C=N–C) groups is 1. The van der Waals surface area contributed by atoms with Crippen molar-refractivity contribution in [3.63, 3.8) is 0 Å². The highest BCUT2D eigenvalue weighted by molar-refractivity contribution is 6.04. The number of aryl methyl sites for hydroxylation is 1. The van der Waals surface area contributed by atoms with E-state index in [0.717, 1.165) is 48.8 Å². The van der Waals surface area contributed by atoms with E-state index in [9.17, 15) is 14.4 Å². The van der Waals surface area contributed by atoms with Crippen LogP contribution in [0.4, 0.5) is 0 Å². The molecule has 3 aromatic rings. The Hall–Kier alpha value is -3.89. The van der Waals surface area contributed by atoms with Crippen molar-refractivity contribution in [2.24, 2.45) is 23.5 Å². The second-order valence-corrected chi connectivity index (χ2v) is 9.92. The van der Waals surface area contributed by atoms with Crippen LogP contribution in [0.15, 0.2) is 65.7 Å². The van der Waals surface area contributed by atoms with Crippen molar-refractivity contribution in [1.29, 1.82) is 0 Å². The van der Waals surface area contributed by atoms with Crippen molar-refractivity contribution in [3.05, 3.63) is 71.9 Å². The molecule has 1 fully saturated rings. The van der Waals surface area contributed by atoms with Crippen LogP contribution >= 0.6 is 12.4 Å². The zero-order valence-corrected chi connectivity index (χ0v) is 23.5.